The maximum Gasteiger partial charge on any atom is 0.248 e. The van der Waals surface area contributed by atoms with Crippen LogP contribution in [-0.4, -0.2) is 16.1 Å². The molecule has 1 aromatic rings. The van der Waals surface area contributed by atoms with E-state index < -0.39 is 11.5 Å². The predicted molar refractivity (Wildman–Crippen MR) is 57.7 cm³/mol. The van der Waals surface area contributed by atoms with Gasteiger partial charge in [0, 0.05) is 18.8 Å². The molecule has 1 fully saturated rings. The van der Waals surface area contributed by atoms with E-state index in [2.05, 4.69) is 10.1 Å². The van der Waals surface area contributed by atoms with Gasteiger partial charge in [0.1, 0.15) is 0 Å². The van der Waals surface area contributed by atoms with Gasteiger partial charge in [-0.1, -0.05) is 12.1 Å². The summed E-state index contributed by atoms with van der Waals surface area (Å²) in [5.74, 6) is -2.22. The fraction of sp³-hybridized carbons (Fsp3) is 0.818. The van der Waals surface area contributed by atoms with Gasteiger partial charge in [-0.25, -0.2) is 8.78 Å². The molecule has 2 rings (SSSR count). The molecule has 1 aliphatic carbocycles. The first-order valence-electron chi connectivity index (χ1n) is 5.85. The van der Waals surface area contributed by atoms with Crippen LogP contribution in [0, 0.1) is 0 Å². The Bertz CT molecular complexity index is 403. The summed E-state index contributed by atoms with van der Waals surface area (Å²) in [7, 11) is 0. The van der Waals surface area contributed by atoms with Gasteiger partial charge in [-0.3, -0.25) is 0 Å². The van der Waals surface area contributed by atoms with Crippen molar-refractivity contribution in [3.8, 4) is 0 Å². The van der Waals surface area contributed by atoms with Gasteiger partial charge in [0.15, 0.2) is 5.82 Å². The van der Waals surface area contributed by atoms with Gasteiger partial charge in [-0.05, 0) is 19.8 Å². The van der Waals surface area contributed by atoms with Crippen molar-refractivity contribution < 1.29 is 13.3 Å². The summed E-state index contributed by atoms with van der Waals surface area (Å²) in [6.07, 6.45) is 0.753. The second-order valence-electron chi connectivity index (χ2n) is 5.02. The van der Waals surface area contributed by atoms with E-state index in [0.717, 1.165) is 0 Å². The van der Waals surface area contributed by atoms with Crippen molar-refractivity contribution in [2.24, 2.45) is 5.73 Å². The Kier molecular flexibility index (Phi) is 2.93. The van der Waals surface area contributed by atoms with Crippen LogP contribution in [0.5, 0.6) is 0 Å². The molecular formula is C11H17F2N3O. The highest BCUT2D eigenvalue weighted by atomic mass is 19.3. The van der Waals surface area contributed by atoms with Gasteiger partial charge in [-0.2, -0.15) is 4.98 Å². The molecule has 1 saturated carbocycles. The van der Waals surface area contributed by atoms with Crippen molar-refractivity contribution in [1.29, 1.82) is 0 Å². The average Bonchev–Trinajstić information content (AvgIpc) is 2.84. The van der Waals surface area contributed by atoms with Crippen molar-refractivity contribution >= 4 is 0 Å². The normalized spacial score (nSPS) is 27.0. The van der Waals surface area contributed by atoms with Gasteiger partial charge in [0.05, 0.1) is 5.54 Å². The van der Waals surface area contributed by atoms with Crippen LogP contribution in [-0.2, 0) is 5.54 Å². The van der Waals surface area contributed by atoms with Crippen LogP contribution in [0.4, 0.5) is 8.78 Å². The average molecular weight is 245 g/mol. The Morgan fingerprint density at radius 3 is 2.82 bits per heavy atom. The molecule has 1 heterocycles. The molecule has 1 aliphatic rings. The fourth-order valence-electron chi connectivity index (χ4n) is 1.95. The lowest BCUT2D eigenvalue weighted by Gasteiger charge is -2.16. The number of hydrogen-bond acceptors (Lipinski definition) is 4. The Hall–Kier alpha value is -1.04. The first kappa shape index (κ1) is 12.4. The minimum Gasteiger partial charge on any atom is -0.337 e. The lowest BCUT2D eigenvalue weighted by atomic mass is 10.0. The zero-order valence-corrected chi connectivity index (χ0v) is 10.0. The van der Waals surface area contributed by atoms with Crippen LogP contribution >= 0.6 is 0 Å². The van der Waals surface area contributed by atoms with Crippen molar-refractivity contribution in [3.63, 3.8) is 0 Å². The molecular weight excluding hydrogens is 228 g/mol. The summed E-state index contributed by atoms with van der Waals surface area (Å²) in [5.41, 5.74) is 5.27. The van der Waals surface area contributed by atoms with Gasteiger partial charge in [0.25, 0.3) is 0 Å². The molecule has 0 spiro atoms. The second-order valence-corrected chi connectivity index (χ2v) is 5.02. The molecule has 0 aromatic carbocycles. The number of nitrogens with two attached hydrogens (primary N) is 1. The van der Waals surface area contributed by atoms with Crippen LogP contribution in [0.1, 0.15) is 57.2 Å². The molecule has 17 heavy (non-hydrogen) atoms. The van der Waals surface area contributed by atoms with E-state index in [1.54, 1.807) is 6.92 Å². The monoisotopic (exact) mass is 245 g/mol. The van der Waals surface area contributed by atoms with Crippen molar-refractivity contribution in [1.82, 2.24) is 10.1 Å². The number of nitrogens with zero attached hydrogens (tertiary/aromatic N) is 2. The maximum absolute atomic E-state index is 13.1. The molecule has 4 nitrogen and oxygen atoms in total. The molecule has 2 N–H and O–H groups in total. The molecule has 0 amide bonds. The van der Waals surface area contributed by atoms with Gasteiger partial charge >= 0.3 is 0 Å². The Morgan fingerprint density at radius 1 is 1.59 bits per heavy atom. The van der Waals surface area contributed by atoms with Crippen LogP contribution in [0.15, 0.2) is 4.52 Å². The fourth-order valence-corrected chi connectivity index (χ4v) is 1.95. The predicted octanol–water partition coefficient (Wildman–Crippen LogP) is 2.56. The lowest BCUT2D eigenvalue weighted by molar-refractivity contribution is 0.00749. The molecule has 96 valence electrons. The van der Waals surface area contributed by atoms with E-state index in [1.807, 2.05) is 6.92 Å². The smallest absolute Gasteiger partial charge is 0.248 e. The van der Waals surface area contributed by atoms with E-state index in [0.29, 0.717) is 24.6 Å². The van der Waals surface area contributed by atoms with Crippen LogP contribution < -0.4 is 5.73 Å². The minimum atomic E-state index is -2.60. The molecule has 0 radical (unpaired) electrons. The zero-order valence-electron chi connectivity index (χ0n) is 10.0. The molecule has 6 heteroatoms. The third-order valence-corrected chi connectivity index (χ3v) is 3.43. The highest BCUT2D eigenvalue weighted by Crippen LogP contribution is 2.43. The van der Waals surface area contributed by atoms with Crippen molar-refractivity contribution in [2.75, 3.05) is 0 Å². The summed E-state index contributed by atoms with van der Waals surface area (Å²) >= 11 is 0. The Morgan fingerprint density at radius 2 is 2.29 bits per heavy atom. The van der Waals surface area contributed by atoms with Gasteiger partial charge in [0.2, 0.25) is 11.8 Å². The second kappa shape index (κ2) is 4.01. The summed E-state index contributed by atoms with van der Waals surface area (Å²) in [6.45, 7) is 3.70. The highest BCUT2D eigenvalue weighted by Gasteiger charge is 2.42. The van der Waals surface area contributed by atoms with Crippen molar-refractivity contribution in [3.05, 3.63) is 11.7 Å². The molecule has 1 aromatic heterocycles. The van der Waals surface area contributed by atoms with Crippen LogP contribution in [0.2, 0.25) is 0 Å². The topological polar surface area (TPSA) is 64.9 Å². The number of alkyl halides is 2. The van der Waals surface area contributed by atoms with E-state index in [1.165, 1.54) is 0 Å². The summed E-state index contributed by atoms with van der Waals surface area (Å²) < 4.78 is 31.2. The van der Waals surface area contributed by atoms with Gasteiger partial charge in [-0.15, -0.1) is 0 Å². The maximum atomic E-state index is 13.1. The SMILES string of the molecule is CCC(C)(N)c1nc(C2CCC(F)(F)C2)no1. The molecule has 0 saturated heterocycles. The van der Waals surface area contributed by atoms with E-state index in [-0.39, 0.29) is 18.8 Å². The standard InChI is InChI=1S/C11H17F2N3O/c1-3-10(2,14)9-15-8(16-17-9)7-4-5-11(12,13)6-7/h7H,3-6,14H2,1-2H3. The molecule has 2 unspecified atom stereocenters. The van der Waals surface area contributed by atoms with E-state index in [4.69, 9.17) is 10.3 Å². The summed E-state index contributed by atoms with van der Waals surface area (Å²) in [4.78, 5) is 4.16. The molecule has 0 aliphatic heterocycles. The lowest BCUT2D eigenvalue weighted by Crippen LogP contribution is -2.32. The van der Waals surface area contributed by atoms with Crippen LogP contribution in [0.25, 0.3) is 0 Å². The first-order chi connectivity index (χ1) is 7.84. The zero-order chi connectivity index (χ0) is 12.7. The number of rotatable bonds is 3. The molecule has 0 bridgehead atoms. The van der Waals surface area contributed by atoms with Crippen LogP contribution in [0.3, 0.4) is 0 Å². The number of aromatic nitrogens is 2. The third kappa shape index (κ3) is 2.46. The Balaban J connectivity index is 2.15. The molecule has 2 atom stereocenters. The van der Waals surface area contributed by atoms with E-state index >= 15 is 0 Å². The Labute approximate surface area is 98.6 Å². The first-order valence-corrected chi connectivity index (χ1v) is 5.85. The summed E-state index contributed by atoms with van der Waals surface area (Å²) in [5, 5.41) is 3.78. The minimum absolute atomic E-state index is 0.102. The van der Waals surface area contributed by atoms with Gasteiger partial charge < -0.3 is 10.3 Å². The van der Waals surface area contributed by atoms with Crippen molar-refractivity contribution in [2.45, 2.75) is 56.9 Å². The summed E-state index contributed by atoms with van der Waals surface area (Å²) in [6, 6.07) is 0. The third-order valence-electron chi connectivity index (χ3n) is 3.43. The number of halogens is 2. The highest BCUT2D eigenvalue weighted by molar-refractivity contribution is 5.05. The quantitative estimate of drug-likeness (QED) is 0.888. The largest absolute Gasteiger partial charge is 0.337 e. The number of hydrogen-bond donors (Lipinski definition) is 1. The van der Waals surface area contributed by atoms with E-state index in [9.17, 15) is 8.78 Å².